The third-order valence-corrected chi connectivity index (χ3v) is 6.21. The Kier molecular flexibility index (Phi) is 5.01. The van der Waals surface area contributed by atoms with Gasteiger partial charge in [-0.3, -0.25) is 9.11 Å². The normalized spacial score (nSPS) is 15.2. The molecular weight excluding hydrogens is 524 g/mol. The lowest BCUT2D eigenvalue weighted by Crippen LogP contribution is -2.33. The number of benzene rings is 3. The second-order valence-electron chi connectivity index (χ2n) is 7.58. The highest BCUT2D eigenvalue weighted by molar-refractivity contribution is 7.81. The Hall–Kier alpha value is -4.18. The molecule has 15 heteroatoms. The minimum Gasteiger partial charge on any atom is -0.478 e. The second-order valence-corrected chi connectivity index (χ2v) is 9.62. The molecule has 2 aliphatic rings. The molecule has 0 aliphatic carbocycles. The summed E-state index contributed by atoms with van der Waals surface area (Å²) in [5, 5.41) is 9.33. The van der Waals surface area contributed by atoms with Crippen LogP contribution in [-0.4, -0.2) is 43.0 Å². The molecule has 3 N–H and O–H groups in total. The summed E-state index contributed by atoms with van der Waals surface area (Å²) in [4.78, 5) is 24.3. The first-order valence-corrected chi connectivity index (χ1v) is 12.4. The average molecular weight is 536 g/mol. The molecule has 0 unspecified atom stereocenters. The van der Waals surface area contributed by atoms with Crippen molar-refractivity contribution in [2.75, 3.05) is 0 Å². The van der Waals surface area contributed by atoms with Gasteiger partial charge in [0.15, 0.2) is 5.60 Å². The van der Waals surface area contributed by atoms with Gasteiger partial charge in [-0.15, -0.1) is 0 Å². The number of aromatic carboxylic acids is 1. The first kappa shape index (κ1) is 23.6. The van der Waals surface area contributed by atoms with Crippen molar-refractivity contribution in [3.8, 4) is 23.0 Å². The van der Waals surface area contributed by atoms with Crippen LogP contribution in [0.25, 0.3) is 0 Å². The van der Waals surface area contributed by atoms with Crippen molar-refractivity contribution in [1.29, 1.82) is 0 Å². The van der Waals surface area contributed by atoms with Gasteiger partial charge < -0.3 is 22.9 Å². The number of ether oxygens (including phenoxy) is 2. The van der Waals surface area contributed by atoms with Crippen LogP contribution >= 0.6 is 0 Å². The number of hydrogen-bond acceptors (Lipinski definition) is 10. The zero-order valence-electron chi connectivity index (χ0n) is 17.4. The molecule has 3 aromatic rings. The summed E-state index contributed by atoms with van der Waals surface area (Å²) in [5.41, 5.74) is -1.41. The second kappa shape index (κ2) is 7.66. The molecule has 0 radical (unpaired) electrons. The molecule has 36 heavy (non-hydrogen) atoms. The van der Waals surface area contributed by atoms with Crippen LogP contribution in [0.15, 0.2) is 54.6 Å². The van der Waals surface area contributed by atoms with Gasteiger partial charge in [0.2, 0.25) is 0 Å². The van der Waals surface area contributed by atoms with Gasteiger partial charge in [0, 0.05) is 28.8 Å². The van der Waals surface area contributed by atoms with E-state index in [4.69, 9.17) is 18.6 Å². The largest absolute Gasteiger partial charge is 0.478 e. The fraction of sp³-hybridized carbons (Fsp3) is 0.0476. The number of carbonyl (C=O) groups is 2. The maximum absolute atomic E-state index is 12.9. The van der Waals surface area contributed by atoms with E-state index in [0.717, 1.165) is 30.3 Å². The van der Waals surface area contributed by atoms with Crippen LogP contribution in [0.2, 0.25) is 0 Å². The van der Waals surface area contributed by atoms with E-state index < -0.39 is 38.3 Å². The topological polar surface area (TPSA) is 200 Å². The van der Waals surface area contributed by atoms with E-state index in [9.17, 15) is 31.5 Å². The Balaban J connectivity index is 1.77. The van der Waals surface area contributed by atoms with Gasteiger partial charge in [0.1, 0.15) is 23.0 Å². The molecule has 0 amide bonds. The van der Waals surface area contributed by atoms with Crippen LogP contribution in [-0.2, 0) is 31.1 Å². The fourth-order valence-corrected chi connectivity index (χ4v) is 4.86. The van der Waals surface area contributed by atoms with E-state index in [1.165, 1.54) is 24.3 Å². The van der Waals surface area contributed by atoms with Gasteiger partial charge in [0.05, 0.1) is 11.1 Å². The lowest BCUT2D eigenvalue weighted by atomic mass is 9.77. The maximum Gasteiger partial charge on any atom is 0.446 e. The predicted octanol–water partition coefficient (Wildman–Crippen LogP) is 2.32. The molecule has 13 nitrogen and oxygen atoms in total. The number of hydrogen-bond donors (Lipinski definition) is 3. The van der Waals surface area contributed by atoms with Crippen LogP contribution in [0.1, 0.15) is 37.4 Å². The summed E-state index contributed by atoms with van der Waals surface area (Å²) in [6.45, 7) is 0. The summed E-state index contributed by atoms with van der Waals surface area (Å²) >= 11 is 0. The predicted molar refractivity (Wildman–Crippen MR) is 116 cm³/mol. The van der Waals surface area contributed by atoms with Crippen molar-refractivity contribution in [3.05, 3.63) is 82.4 Å². The molecule has 3 aromatic carbocycles. The Bertz CT molecular complexity index is 1610. The van der Waals surface area contributed by atoms with Gasteiger partial charge in [-0.05, 0) is 36.4 Å². The number of carboxylic acids is 1. The van der Waals surface area contributed by atoms with Crippen molar-refractivity contribution in [2.24, 2.45) is 0 Å². The SMILES string of the molecule is O=C(O)c1ccc2c(c1)C(=O)OC21c2ccc(OS(=O)(=O)O)cc2Oc2cc(OS(=O)(=O)O)ccc21. The first-order valence-electron chi connectivity index (χ1n) is 9.69. The molecule has 0 atom stereocenters. The van der Waals surface area contributed by atoms with Crippen molar-refractivity contribution < 1.29 is 58.5 Å². The number of esters is 1. The molecule has 5 rings (SSSR count). The average Bonchev–Trinajstić information content (AvgIpc) is 3.03. The third kappa shape index (κ3) is 3.89. The Morgan fingerprint density at radius 1 is 0.778 bits per heavy atom. The minimum absolute atomic E-state index is 0.0646. The lowest BCUT2D eigenvalue weighted by Gasteiger charge is -2.36. The number of carboxylic acid groups (broad SMARTS) is 1. The quantitative estimate of drug-likeness (QED) is 0.317. The summed E-state index contributed by atoms with van der Waals surface area (Å²) in [5.74, 6) is -3.12. The van der Waals surface area contributed by atoms with Gasteiger partial charge in [-0.2, -0.15) is 16.8 Å². The van der Waals surface area contributed by atoms with E-state index in [1.54, 1.807) is 0 Å². The van der Waals surface area contributed by atoms with Gasteiger partial charge in [0.25, 0.3) is 0 Å². The van der Waals surface area contributed by atoms with Crippen molar-refractivity contribution in [3.63, 3.8) is 0 Å². The van der Waals surface area contributed by atoms with Crippen LogP contribution in [0.4, 0.5) is 0 Å². The number of carbonyl (C=O) groups excluding carboxylic acids is 1. The zero-order valence-corrected chi connectivity index (χ0v) is 19.1. The first-order chi connectivity index (χ1) is 16.8. The molecule has 1 spiro atoms. The standard InChI is InChI=1S/C21H12O13S2/c22-19(23)10-1-4-14-13(7-10)20(24)32-21(14)15-5-2-11(33-35(25,26)27)8-17(15)31-18-9-12(3-6-16(18)21)34-36(28,29)30/h1-9H,(H,22,23)(H,25,26,27)(H,28,29,30). The highest BCUT2D eigenvalue weighted by Gasteiger charge is 2.54. The van der Waals surface area contributed by atoms with Gasteiger partial charge in [-0.25, -0.2) is 9.59 Å². The summed E-state index contributed by atoms with van der Waals surface area (Å²) in [6, 6.07) is 10.9. The van der Waals surface area contributed by atoms with Crippen molar-refractivity contribution >= 4 is 32.7 Å². The molecule has 0 saturated heterocycles. The monoisotopic (exact) mass is 536 g/mol. The molecule has 186 valence electrons. The number of fused-ring (bicyclic) bond motifs is 6. The van der Waals surface area contributed by atoms with Gasteiger partial charge >= 0.3 is 32.7 Å². The molecule has 0 aromatic heterocycles. The Labute approximate surface area is 202 Å². The van der Waals surface area contributed by atoms with Crippen LogP contribution in [0, 0.1) is 0 Å². The smallest absolute Gasteiger partial charge is 0.446 e. The van der Waals surface area contributed by atoms with Crippen LogP contribution in [0.3, 0.4) is 0 Å². The van der Waals surface area contributed by atoms with E-state index in [-0.39, 0.29) is 50.8 Å². The van der Waals surface area contributed by atoms with E-state index in [2.05, 4.69) is 8.37 Å². The van der Waals surface area contributed by atoms with Crippen LogP contribution < -0.4 is 13.1 Å². The Morgan fingerprint density at radius 3 is 1.75 bits per heavy atom. The number of rotatable bonds is 5. The van der Waals surface area contributed by atoms with E-state index in [0.29, 0.717) is 0 Å². The fourth-order valence-electron chi connectivity index (χ4n) is 4.17. The van der Waals surface area contributed by atoms with Crippen molar-refractivity contribution in [2.45, 2.75) is 5.60 Å². The highest BCUT2D eigenvalue weighted by atomic mass is 32.3. The summed E-state index contributed by atoms with van der Waals surface area (Å²) < 4.78 is 83.2. The van der Waals surface area contributed by atoms with E-state index in [1.807, 2.05) is 0 Å². The van der Waals surface area contributed by atoms with Gasteiger partial charge in [-0.1, -0.05) is 6.07 Å². The molecular formula is C21H12O13S2. The minimum atomic E-state index is -4.90. The molecule has 0 fully saturated rings. The highest BCUT2D eigenvalue weighted by Crippen LogP contribution is 2.57. The molecule has 2 heterocycles. The molecule has 2 aliphatic heterocycles. The molecule has 0 bridgehead atoms. The lowest BCUT2D eigenvalue weighted by molar-refractivity contribution is 0.0224. The Morgan fingerprint density at radius 2 is 1.28 bits per heavy atom. The third-order valence-electron chi connectivity index (χ3n) is 5.40. The molecule has 0 saturated carbocycles. The van der Waals surface area contributed by atoms with Crippen molar-refractivity contribution in [1.82, 2.24) is 0 Å². The van der Waals surface area contributed by atoms with Crippen LogP contribution in [0.5, 0.6) is 23.0 Å². The zero-order chi connectivity index (χ0) is 26.0. The summed E-state index contributed by atoms with van der Waals surface area (Å²) in [7, 11) is -9.80. The maximum atomic E-state index is 12.9. The van der Waals surface area contributed by atoms with E-state index >= 15 is 0 Å². The summed E-state index contributed by atoms with van der Waals surface area (Å²) in [6.07, 6.45) is 0.